The van der Waals surface area contributed by atoms with E-state index < -0.39 is 16.0 Å². The highest BCUT2D eigenvalue weighted by Crippen LogP contribution is 2.25. The van der Waals surface area contributed by atoms with E-state index in [4.69, 9.17) is 14.2 Å². The molecule has 0 heterocycles. The summed E-state index contributed by atoms with van der Waals surface area (Å²) in [6, 6.07) is 11.6. The Kier molecular flexibility index (Phi) is 6.59. The number of esters is 1. The molecule has 0 aliphatic rings. The van der Waals surface area contributed by atoms with Crippen molar-refractivity contribution in [1.82, 2.24) is 4.72 Å². The third-order valence-corrected chi connectivity index (χ3v) is 5.00. The van der Waals surface area contributed by atoms with Gasteiger partial charge in [-0.1, -0.05) is 17.7 Å². The molecule has 26 heavy (non-hydrogen) atoms. The molecule has 2 rings (SSSR count). The minimum Gasteiger partial charge on any atom is -0.495 e. The molecular formula is C18H21NO6S. The summed E-state index contributed by atoms with van der Waals surface area (Å²) in [6.07, 6.45) is 0. The topological polar surface area (TPSA) is 90.9 Å². The Morgan fingerprint density at radius 2 is 1.77 bits per heavy atom. The fraction of sp³-hybridized carbons (Fsp3) is 0.278. The number of carbonyl (C=O) groups is 1. The van der Waals surface area contributed by atoms with Gasteiger partial charge in [-0.25, -0.2) is 17.9 Å². The van der Waals surface area contributed by atoms with E-state index in [1.54, 1.807) is 0 Å². The predicted octanol–water partition coefficient (Wildman–Crippen LogP) is 2.15. The molecule has 2 aromatic rings. The van der Waals surface area contributed by atoms with Gasteiger partial charge in [0.1, 0.15) is 29.6 Å². The van der Waals surface area contributed by atoms with Crippen molar-refractivity contribution in [2.45, 2.75) is 11.8 Å². The number of rotatable bonds is 8. The van der Waals surface area contributed by atoms with Crippen LogP contribution in [0.3, 0.4) is 0 Å². The van der Waals surface area contributed by atoms with Crippen molar-refractivity contribution < 1.29 is 27.4 Å². The Bertz CT molecular complexity index is 862. The van der Waals surface area contributed by atoms with Crippen LogP contribution < -0.4 is 14.2 Å². The molecule has 0 radical (unpaired) electrons. The average molecular weight is 379 g/mol. The van der Waals surface area contributed by atoms with Crippen molar-refractivity contribution >= 4 is 16.0 Å². The van der Waals surface area contributed by atoms with Crippen molar-refractivity contribution in [2.75, 3.05) is 27.4 Å². The largest absolute Gasteiger partial charge is 0.495 e. The molecule has 0 aliphatic heterocycles. The van der Waals surface area contributed by atoms with Crippen molar-refractivity contribution in [3.05, 3.63) is 53.6 Å². The first-order chi connectivity index (χ1) is 12.4. The number of hydrogen-bond donors (Lipinski definition) is 1. The van der Waals surface area contributed by atoms with E-state index in [1.807, 2.05) is 31.2 Å². The molecule has 0 saturated heterocycles. The lowest BCUT2D eigenvalue weighted by atomic mass is 10.2. The molecule has 0 saturated carbocycles. The lowest BCUT2D eigenvalue weighted by molar-refractivity contribution is 0.0450. The summed E-state index contributed by atoms with van der Waals surface area (Å²) in [7, 11) is -1.14. The number of carbonyl (C=O) groups excluding carboxylic acids is 1. The van der Waals surface area contributed by atoms with Crippen molar-refractivity contribution in [3.8, 4) is 11.5 Å². The smallest absolute Gasteiger partial charge is 0.338 e. The molecule has 7 nitrogen and oxygen atoms in total. The van der Waals surface area contributed by atoms with Gasteiger partial charge in [0.2, 0.25) is 10.0 Å². The van der Waals surface area contributed by atoms with E-state index in [2.05, 4.69) is 4.72 Å². The third-order valence-electron chi connectivity index (χ3n) is 3.56. The summed E-state index contributed by atoms with van der Waals surface area (Å²) >= 11 is 0. The minimum atomic E-state index is -3.77. The molecule has 8 heteroatoms. The number of aryl methyl sites for hydroxylation is 1. The molecule has 0 bridgehead atoms. The Morgan fingerprint density at radius 1 is 1.08 bits per heavy atom. The lowest BCUT2D eigenvalue weighted by Gasteiger charge is -2.11. The van der Waals surface area contributed by atoms with Crippen LogP contribution in [0.4, 0.5) is 0 Å². The molecule has 0 unspecified atom stereocenters. The van der Waals surface area contributed by atoms with Crippen LogP contribution in [-0.2, 0) is 14.8 Å². The van der Waals surface area contributed by atoms with Gasteiger partial charge in [-0.05, 0) is 44.3 Å². The van der Waals surface area contributed by atoms with Gasteiger partial charge in [-0.2, -0.15) is 0 Å². The average Bonchev–Trinajstić information content (AvgIpc) is 2.65. The molecule has 0 spiro atoms. The SMILES string of the molecule is CNS(=O)(=O)c1cc(C(=O)OCCOc2ccc(C)cc2)ccc1OC. The van der Waals surface area contributed by atoms with Gasteiger partial charge >= 0.3 is 5.97 Å². The van der Waals surface area contributed by atoms with E-state index in [1.165, 1.54) is 32.4 Å². The Hall–Kier alpha value is -2.58. The third kappa shape index (κ3) is 4.96. The lowest BCUT2D eigenvalue weighted by Crippen LogP contribution is -2.20. The van der Waals surface area contributed by atoms with Crippen LogP contribution in [0.1, 0.15) is 15.9 Å². The van der Waals surface area contributed by atoms with Gasteiger partial charge in [-0.3, -0.25) is 0 Å². The van der Waals surface area contributed by atoms with Crippen LogP contribution in [0, 0.1) is 6.92 Å². The van der Waals surface area contributed by atoms with Crippen LogP contribution in [-0.4, -0.2) is 41.8 Å². The summed E-state index contributed by atoms with van der Waals surface area (Å²) in [6.45, 7) is 2.20. The number of benzene rings is 2. The molecular weight excluding hydrogens is 358 g/mol. The molecule has 0 atom stereocenters. The zero-order chi connectivity index (χ0) is 19.2. The maximum absolute atomic E-state index is 12.1. The molecule has 1 N–H and O–H groups in total. The fourth-order valence-corrected chi connectivity index (χ4v) is 3.05. The predicted molar refractivity (Wildman–Crippen MR) is 96.2 cm³/mol. The van der Waals surface area contributed by atoms with E-state index in [9.17, 15) is 13.2 Å². The van der Waals surface area contributed by atoms with Crippen LogP contribution in [0.5, 0.6) is 11.5 Å². The Balaban J connectivity index is 1.98. The van der Waals surface area contributed by atoms with E-state index >= 15 is 0 Å². The summed E-state index contributed by atoms with van der Waals surface area (Å²) in [5, 5.41) is 0. The first-order valence-corrected chi connectivity index (χ1v) is 9.34. The highest BCUT2D eigenvalue weighted by Gasteiger charge is 2.20. The van der Waals surface area contributed by atoms with E-state index in [0.717, 1.165) is 5.56 Å². The molecule has 0 fully saturated rings. The fourth-order valence-electron chi connectivity index (χ4n) is 2.14. The molecule has 0 amide bonds. The van der Waals surface area contributed by atoms with Crippen LogP contribution in [0.2, 0.25) is 0 Å². The van der Waals surface area contributed by atoms with Gasteiger partial charge in [0, 0.05) is 0 Å². The van der Waals surface area contributed by atoms with Gasteiger partial charge in [0.25, 0.3) is 0 Å². The van der Waals surface area contributed by atoms with Crippen LogP contribution >= 0.6 is 0 Å². The number of hydrogen-bond acceptors (Lipinski definition) is 6. The van der Waals surface area contributed by atoms with E-state index in [-0.39, 0.29) is 29.4 Å². The zero-order valence-electron chi connectivity index (χ0n) is 14.8. The van der Waals surface area contributed by atoms with Gasteiger partial charge < -0.3 is 14.2 Å². The maximum Gasteiger partial charge on any atom is 0.338 e. The Morgan fingerprint density at radius 3 is 2.38 bits per heavy atom. The van der Waals surface area contributed by atoms with Crippen molar-refractivity contribution in [2.24, 2.45) is 0 Å². The van der Waals surface area contributed by atoms with Gasteiger partial charge in [-0.15, -0.1) is 0 Å². The standard InChI is InChI=1S/C18H21NO6S/c1-13-4-7-15(8-5-13)24-10-11-25-18(20)14-6-9-16(23-3)17(12-14)26(21,22)19-2/h4-9,12,19H,10-11H2,1-3H3. The summed E-state index contributed by atoms with van der Waals surface area (Å²) < 4.78 is 41.9. The first-order valence-electron chi connectivity index (χ1n) is 7.85. The van der Waals surface area contributed by atoms with Crippen molar-refractivity contribution in [1.29, 1.82) is 0 Å². The first kappa shape index (κ1) is 19.7. The quantitative estimate of drug-likeness (QED) is 0.558. The van der Waals surface area contributed by atoms with Crippen LogP contribution in [0.25, 0.3) is 0 Å². The molecule has 140 valence electrons. The summed E-state index contributed by atoms with van der Waals surface area (Å²) in [5.41, 5.74) is 1.23. The molecule has 0 aromatic heterocycles. The normalized spacial score (nSPS) is 11.0. The second-order valence-electron chi connectivity index (χ2n) is 5.37. The molecule has 2 aromatic carbocycles. The maximum atomic E-state index is 12.1. The number of nitrogens with one attached hydrogen (secondary N) is 1. The highest BCUT2D eigenvalue weighted by molar-refractivity contribution is 7.89. The summed E-state index contributed by atoms with van der Waals surface area (Å²) in [4.78, 5) is 12.0. The monoisotopic (exact) mass is 379 g/mol. The number of methoxy groups -OCH3 is 1. The van der Waals surface area contributed by atoms with Gasteiger partial charge in [0.05, 0.1) is 12.7 Å². The Labute approximate surface area is 152 Å². The van der Waals surface area contributed by atoms with Crippen LogP contribution in [0.15, 0.2) is 47.4 Å². The minimum absolute atomic E-state index is 0.0346. The zero-order valence-corrected chi connectivity index (χ0v) is 15.6. The highest BCUT2D eigenvalue weighted by atomic mass is 32.2. The van der Waals surface area contributed by atoms with E-state index in [0.29, 0.717) is 5.75 Å². The molecule has 0 aliphatic carbocycles. The number of ether oxygens (including phenoxy) is 3. The van der Waals surface area contributed by atoms with Gasteiger partial charge in [0.15, 0.2) is 0 Å². The second kappa shape index (κ2) is 8.68. The van der Waals surface area contributed by atoms with Crippen molar-refractivity contribution in [3.63, 3.8) is 0 Å². The number of sulfonamides is 1. The second-order valence-corrected chi connectivity index (χ2v) is 7.23. The summed E-state index contributed by atoms with van der Waals surface area (Å²) in [5.74, 6) is 0.171.